The molecule has 2 fully saturated rings. The Bertz CT molecular complexity index is 600. The number of rotatable bonds is 6. The zero-order valence-corrected chi connectivity index (χ0v) is 12.1. The maximum atomic E-state index is 12.6. The van der Waals surface area contributed by atoms with Gasteiger partial charge in [0.1, 0.15) is 23.2 Å². The summed E-state index contributed by atoms with van der Waals surface area (Å²) in [6.45, 7) is 2.67. The summed E-state index contributed by atoms with van der Waals surface area (Å²) in [5.41, 5.74) is 0. The number of aliphatic hydroxyl groups excluding tert-OH is 1. The van der Waals surface area contributed by atoms with Crippen LogP contribution in [0.1, 0.15) is 19.8 Å². The average Bonchev–Trinajstić information content (AvgIpc) is 3.29. The Morgan fingerprint density at radius 2 is 2.20 bits per heavy atom. The molecule has 1 aromatic carbocycles. The number of benzene rings is 1. The first kappa shape index (κ1) is 13.9. The molecule has 5 nitrogen and oxygen atoms in total. The van der Waals surface area contributed by atoms with Gasteiger partial charge in [0.05, 0.1) is 17.6 Å². The van der Waals surface area contributed by atoms with Crippen LogP contribution in [-0.4, -0.2) is 43.7 Å². The molecule has 0 amide bonds. The van der Waals surface area contributed by atoms with Crippen molar-refractivity contribution in [1.82, 2.24) is 0 Å². The van der Waals surface area contributed by atoms with E-state index in [1.165, 1.54) is 13.0 Å². The summed E-state index contributed by atoms with van der Waals surface area (Å²) in [5.74, 6) is 0.517. The van der Waals surface area contributed by atoms with E-state index in [1.54, 1.807) is 18.2 Å². The predicted molar refractivity (Wildman–Crippen MR) is 72.5 cm³/mol. The molecule has 0 bridgehead atoms. The first-order chi connectivity index (χ1) is 9.46. The van der Waals surface area contributed by atoms with Gasteiger partial charge in [0.15, 0.2) is 9.84 Å². The molecule has 6 heteroatoms. The molecule has 110 valence electrons. The van der Waals surface area contributed by atoms with Crippen LogP contribution in [0, 0.1) is 0 Å². The molecule has 1 aromatic rings. The lowest BCUT2D eigenvalue weighted by Gasteiger charge is -2.19. The molecule has 0 aromatic heterocycles. The number of hydrogen-bond donors (Lipinski definition) is 1. The lowest BCUT2D eigenvalue weighted by Crippen LogP contribution is -2.34. The number of hydrogen-bond acceptors (Lipinski definition) is 5. The van der Waals surface area contributed by atoms with E-state index in [0.717, 1.165) is 0 Å². The second kappa shape index (κ2) is 4.72. The molecule has 1 aliphatic heterocycles. The van der Waals surface area contributed by atoms with Gasteiger partial charge in [-0.3, -0.25) is 0 Å². The quantitative estimate of drug-likeness (QED) is 0.797. The van der Waals surface area contributed by atoms with Crippen LogP contribution in [0.3, 0.4) is 0 Å². The minimum absolute atomic E-state index is 0.127. The molecule has 0 radical (unpaired) electrons. The second-order valence-corrected chi connectivity index (χ2v) is 7.78. The average molecular weight is 298 g/mol. The third-order valence-electron chi connectivity index (χ3n) is 3.99. The normalized spacial score (nSPS) is 25.0. The van der Waals surface area contributed by atoms with Gasteiger partial charge in [0.2, 0.25) is 0 Å². The van der Waals surface area contributed by atoms with Gasteiger partial charge in [-0.25, -0.2) is 8.42 Å². The fraction of sp³-hybridized carbons (Fsp3) is 0.571. The van der Waals surface area contributed by atoms with Gasteiger partial charge in [-0.2, -0.15) is 0 Å². The largest absolute Gasteiger partial charge is 0.491 e. The van der Waals surface area contributed by atoms with Crippen LogP contribution in [-0.2, 0) is 14.6 Å². The van der Waals surface area contributed by atoms with E-state index in [4.69, 9.17) is 9.47 Å². The van der Waals surface area contributed by atoms with E-state index in [2.05, 4.69) is 0 Å². The van der Waals surface area contributed by atoms with Crippen LogP contribution >= 0.6 is 0 Å². The Balaban J connectivity index is 1.84. The first-order valence-corrected chi connectivity index (χ1v) is 8.21. The van der Waals surface area contributed by atoms with Crippen molar-refractivity contribution in [1.29, 1.82) is 0 Å². The standard InChI is InChI=1S/C14H18O5S/c1-10(15)14(5-6-14)20(16,17)13-4-2-3-11(7-13)18-8-12-9-19-12/h2-4,7,10,12,15H,5-6,8-9H2,1H3. The maximum absolute atomic E-state index is 12.6. The topological polar surface area (TPSA) is 76.1 Å². The van der Waals surface area contributed by atoms with Crippen LogP contribution in [0.2, 0.25) is 0 Å². The molecule has 3 rings (SSSR count). The number of sulfone groups is 1. The number of aliphatic hydroxyl groups is 1. The van der Waals surface area contributed by atoms with E-state index < -0.39 is 20.7 Å². The van der Waals surface area contributed by atoms with Gasteiger partial charge in [-0.15, -0.1) is 0 Å². The molecular formula is C14H18O5S. The lowest BCUT2D eigenvalue weighted by atomic mass is 10.3. The second-order valence-electron chi connectivity index (χ2n) is 5.49. The van der Waals surface area contributed by atoms with Gasteiger partial charge in [0, 0.05) is 0 Å². The van der Waals surface area contributed by atoms with Crippen LogP contribution in [0.4, 0.5) is 0 Å². The van der Waals surface area contributed by atoms with Crippen molar-refractivity contribution < 1.29 is 23.0 Å². The molecule has 2 atom stereocenters. The fourth-order valence-electron chi connectivity index (χ4n) is 2.35. The molecule has 20 heavy (non-hydrogen) atoms. The van der Waals surface area contributed by atoms with E-state index in [0.29, 0.717) is 31.8 Å². The fourth-order valence-corrected chi connectivity index (χ4v) is 4.44. The smallest absolute Gasteiger partial charge is 0.186 e. The Hall–Kier alpha value is -1.11. The zero-order valence-electron chi connectivity index (χ0n) is 11.3. The lowest BCUT2D eigenvalue weighted by molar-refractivity contribution is 0.180. The Kier molecular flexibility index (Phi) is 3.27. The molecule has 1 saturated heterocycles. The molecule has 1 saturated carbocycles. The number of epoxide rings is 1. The summed E-state index contributed by atoms with van der Waals surface area (Å²) in [5, 5.41) is 9.77. The summed E-state index contributed by atoms with van der Waals surface area (Å²) in [6, 6.07) is 6.47. The third kappa shape index (κ3) is 2.32. The summed E-state index contributed by atoms with van der Waals surface area (Å²) in [6.07, 6.45) is 0.279. The van der Waals surface area contributed by atoms with Gasteiger partial charge < -0.3 is 14.6 Å². The molecular weight excluding hydrogens is 280 g/mol. The summed E-state index contributed by atoms with van der Waals surface area (Å²) in [7, 11) is -3.53. The highest BCUT2D eigenvalue weighted by Crippen LogP contribution is 2.49. The summed E-state index contributed by atoms with van der Waals surface area (Å²) >= 11 is 0. The highest BCUT2D eigenvalue weighted by atomic mass is 32.2. The summed E-state index contributed by atoms with van der Waals surface area (Å²) < 4.78 is 34.8. The van der Waals surface area contributed by atoms with Crippen LogP contribution < -0.4 is 4.74 Å². The third-order valence-corrected chi connectivity index (χ3v) is 6.69. The van der Waals surface area contributed by atoms with Gasteiger partial charge in [-0.1, -0.05) is 6.07 Å². The van der Waals surface area contributed by atoms with Crippen LogP contribution in [0.5, 0.6) is 5.75 Å². The zero-order chi connectivity index (χ0) is 14.4. The van der Waals surface area contributed by atoms with E-state index in [-0.39, 0.29) is 11.0 Å². The molecule has 0 spiro atoms. The van der Waals surface area contributed by atoms with Gasteiger partial charge >= 0.3 is 0 Å². The highest BCUT2D eigenvalue weighted by molar-refractivity contribution is 7.93. The van der Waals surface area contributed by atoms with Gasteiger partial charge in [0.25, 0.3) is 0 Å². The monoisotopic (exact) mass is 298 g/mol. The van der Waals surface area contributed by atoms with Crippen molar-refractivity contribution in [3.05, 3.63) is 24.3 Å². The van der Waals surface area contributed by atoms with Gasteiger partial charge in [-0.05, 0) is 38.0 Å². The van der Waals surface area contributed by atoms with E-state index in [9.17, 15) is 13.5 Å². The maximum Gasteiger partial charge on any atom is 0.186 e. The van der Waals surface area contributed by atoms with E-state index in [1.807, 2.05) is 0 Å². The Morgan fingerprint density at radius 3 is 2.75 bits per heavy atom. The predicted octanol–water partition coefficient (Wildman–Crippen LogP) is 1.15. The van der Waals surface area contributed by atoms with Crippen molar-refractivity contribution in [3.63, 3.8) is 0 Å². The minimum Gasteiger partial charge on any atom is -0.491 e. The van der Waals surface area contributed by atoms with Crippen LogP contribution in [0.25, 0.3) is 0 Å². The van der Waals surface area contributed by atoms with Crippen LogP contribution in [0.15, 0.2) is 29.2 Å². The molecule has 2 unspecified atom stereocenters. The van der Waals surface area contributed by atoms with Crippen molar-refractivity contribution in [2.45, 2.75) is 41.6 Å². The summed E-state index contributed by atoms with van der Waals surface area (Å²) in [4.78, 5) is 0.213. The Morgan fingerprint density at radius 1 is 1.50 bits per heavy atom. The molecule has 1 aliphatic carbocycles. The molecule has 1 heterocycles. The highest BCUT2D eigenvalue weighted by Gasteiger charge is 2.58. The van der Waals surface area contributed by atoms with Crippen molar-refractivity contribution in [2.24, 2.45) is 0 Å². The minimum atomic E-state index is -3.53. The first-order valence-electron chi connectivity index (χ1n) is 6.73. The SMILES string of the molecule is CC(O)C1(S(=O)(=O)c2cccc(OCC3CO3)c2)CC1. The van der Waals surface area contributed by atoms with Crippen molar-refractivity contribution in [2.75, 3.05) is 13.2 Å². The molecule has 2 aliphatic rings. The Labute approximate surface area is 118 Å². The number of ether oxygens (including phenoxy) is 2. The molecule has 1 N–H and O–H groups in total. The van der Waals surface area contributed by atoms with E-state index >= 15 is 0 Å². The van der Waals surface area contributed by atoms with Crippen molar-refractivity contribution >= 4 is 9.84 Å². The van der Waals surface area contributed by atoms with Crippen molar-refractivity contribution in [3.8, 4) is 5.75 Å².